The van der Waals surface area contributed by atoms with Crippen molar-refractivity contribution in [1.29, 1.82) is 0 Å². The summed E-state index contributed by atoms with van der Waals surface area (Å²) < 4.78 is 5.07. The first-order chi connectivity index (χ1) is 9.20. The molecule has 2 N–H and O–H groups in total. The minimum absolute atomic E-state index is 0.274. The van der Waals surface area contributed by atoms with Gasteiger partial charge in [0.1, 0.15) is 5.75 Å². The van der Waals surface area contributed by atoms with Crippen LogP contribution in [0.4, 0.5) is 0 Å². The summed E-state index contributed by atoms with van der Waals surface area (Å²) in [7, 11) is 1.60. The molecule has 0 aliphatic rings. The molecular formula is C16H18O3. The highest BCUT2D eigenvalue weighted by Crippen LogP contribution is 2.27. The summed E-state index contributed by atoms with van der Waals surface area (Å²) >= 11 is 0. The van der Waals surface area contributed by atoms with Crippen LogP contribution in [0.15, 0.2) is 54.6 Å². The monoisotopic (exact) mass is 258 g/mol. The van der Waals surface area contributed by atoms with Crippen LogP contribution in [-0.2, 0) is 0 Å². The molecule has 0 radical (unpaired) electrons. The molecule has 2 rings (SSSR count). The second-order valence-corrected chi connectivity index (χ2v) is 4.45. The Bertz CT molecular complexity index is 493. The zero-order valence-corrected chi connectivity index (χ0v) is 10.9. The maximum Gasteiger partial charge on any atom is 0.118 e. The van der Waals surface area contributed by atoms with Gasteiger partial charge in [-0.15, -0.1) is 0 Å². The van der Waals surface area contributed by atoms with Gasteiger partial charge in [-0.1, -0.05) is 42.5 Å². The molecule has 0 fully saturated rings. The van der Waals surface area contributed by atoms with Crippen LogP contribution >= 0.6 is 0 Å². The van der Waals surface area contributed by atoms with Crippen LogP contribution in [0.25, 0.3) is 0 Å². The molecule has 2 aromatic carbocycles. The quantitative estimate of drug-likeness (QED) is 0.867. The van der Waals surface area contributed by atoms with E-state index in [4.69, 9.17) is 4.74 Å². The number of aliphatic hydroxyl groups excluding tert-OH is 2. The smallest absolute Gasteiger partial charge is 0.118 e. The molecule has 100 valence electrons. The molecule has 0 saturated carbocycles. The van der Waals surface area contributed by atoms with Gasteiger partial charge < -0.3 is 14.9 Å². The molecule has 0 aliphatic carbocycles. The lowest BCUT2D eigenvalue weighted by atomic mass is 9.99. The predicted molar refractivity (Wildman–Crippen MR) is 74.0 cm³/mol. The second-order valence-electron chi connectivity index (χ2n) is 4.45. The van der Waals surface area contributed by atoms with Crippen molar-refractivity contribution in [1.82, 2.24) is 0 Å². The summed E-state index contributed by atoms with van der Waals surface area (Å²) in [5, 5.41) is 20.2. The highest BCUT2D eigenvalue weighted by Gasteiger charge is 2.15. The number of hydrogen-bond acceptors (Lipinski definition) is 3. The third kappa shape index (κ3) is 3.56. The van der Waals surface area contributed by atoms with Crippen LogP contribution in [0.5, 0.6) is 5.75 Å². The Hall–Kier alpha value is -1.84. The van der Waals surface area contributed by atoms with Crippen LogP contribution in [0.2, 0.25) is 0 Å². The summed E-state index contributed by atoms with van der Waals surface area (Å²) in [6.07, 6.45) is -1.09. The Morgan fingerprint density at radius 3 is 1.89 bits per heavy atom. The Labute approximate surface area is 113 Å². The van der Waals surface area contributed by atoms with Crippen LogP contribution in [0, 0.1) is 0 Å². The molecule has 2 unspecified atom stereocenters. The highest BCUT2D eigenvalue weighted by atomic mass is 16.5. The van der Waals surface area contributed by atoms with E-state index >= 15 is 0 Å². The van der Waals surface area contributed by atoms with Gasteiger partial charge in [-0.2, -0.15) is 0 Å². The lowest BCUT2D eigenvalue weighted by molar-refractivity contribution is 0.0804. The molecule has 0 saturated heterocycles. The van der Waals surface area contributed by atoms with E-state index in [0.717, 1.165) is 16.9 Å². The number of ether oxygens (including phenoxy) is 1. The molecule has 0 aliphatic heterocycles. The molecule has 19 heavy (non-hydrogen) atoms. The van der Waals surface area contributed by atoms with E-state index in [-0.39, 0.29) is 6.42 Å². The summed E-state index contributed by atoms with van der Waals surface area (Å²) in [5.74, 6) is 0.750. The van der Waals surface area contributed by atoms with Crippen LogP contribution in [0.3, 0.4) is 0 Å². The fourth-order valence-electron chi connectivity index (χ4n) is 1.98. The average Bonchev–Trinajstić information content (AvgIpc) is 2.48. The van der Waals surface area contributed by atoms with Crippen molar-refractivity contribution in [3.05, 3.63) is 65.7 Å². The van der Waals surface area contributed by atoms with Crippen molar-refractivity contribution >= 4 is 0 Å². The van der Waals surface area contributed by atoms with Gasteiger partial charge in [0.2, 0.25) is 0 Å². The van der Waals surface area contributed by atoms with Crippen molar-refractivity contribution < 1.29 is 14.9 Å². The van der Waals surface area contributed by atoms with Gasteiger partial charge in [0, 0.05) is 6.42 Å². The van der Waals surface area contributed by atoms with Crippen LogP contribution in [0.1, 0.15) is 29.8 Å². The molecule has 0 spiro atoms. The second kappa shape index (κ2) is 6.36. The molecule has 0 heterocycles. The molecule has 3 nitrogen and oxygen atoms in total. The van der Waals surface area contributed by atoms with E-state index in [9.17, 15) is 10.2 Å². The molecule has 0 bridgehead atoms. The van der Waals surface area contributed by atoms with Crippen molar-refractivity contribution in [3.8, 4) is 5.75 Å². The zero-order valence-electron chi connectivity index (χ0n) is 10.9. The SMILES string of the molecule is COc1ccc(C(O)CC(O)c2ccccc2)cc1. The van der Waals surface area contributed by atoms with Gasteiger partial charge in [-0.25, -0.2) is 0 Å². The van der Waals surface area contributed by atoms with E-state index in [0.29, 0.717) is 0 Å². The maximum absolute atomic E-state index is 10.1. The molecule has 0 aromatic heterocycles. The number of methoxy groups -OCH3 is 1. The maximum atomic E-state index is 10.1. The number of rotatable bonds is 5. The lowest BCUT2D eigenvalue weighted by Crippen LogP contribution is -2.05. The third-order valence-corrected chi connectivity index (χ3v) is 3.13. The third-order valence-electron chi connectivity index (χ3n) is 3.13. The molecule has 3 heteroatoms. The summed E-state index contributed by atoms with van der Waals surface area (Å²) in [4.78, 5) is 0. The van der Waals surface area contributed by atoms with Crippen LogP contribution < -0.4 is 4.74 Å². The summed E-state index contributed by atoms with van der Waals surface area (Å²) in [6, 6.07) is 16.6. The molecule has 2 atom stereocenters. The van der Waals surface area contributed by atoms with E-state index in [2.05, 4.69) is 0 Å². The summed E-state index contributed by atoms with van der Waals surface area (Å²) in [5.41, 5.74) is 1.59. The fourth-order valence-corrected chi connectivity index (χ4v) is 1.98. The molecule has 2 aromatic rings. The Kier molecular flexibility index (Phi) is 4.55. The van der Waals surface area contributed by atoms with Crippen molar-refractivity contribution in [3.63, 3.8) is 0 Å². The lowest BCUT2D eigenvalue weighted by Gasteiger charge is -2.16. The molecular weight excluding hydrogens is 240 g/mol. The Morgan fingerprint density at radius 2 is 1.37 bits per heavy atom. The van der Waals surface area contributed by atoms with Gasteiger partial charge in [0.25, 0.3) is 0 Å². The van der Waals surface area contributed by atoms with E-state index in [1.807, 2.05) is 30.3 Å². The van der Waals surface area contributed by atoms with Gasteiger partial charge in [0.05, 0.1) is 19.3 Å². The summed E-state index contributed by atoms with van der Waals surface area (Å²) in [6.45, 7) is 0. The standard InChI is InChI=1S/C16H18O3/c1-19-14-9-7-13(8-10-14)16(18)11-15(17)12-5-3-2-4-6-12/h2-10,15-18H,11H2,1H3. The first-order valence-corrected chi connectivity index (χ1v) is 6.25. The van der Waals surface area contributed by atoms with Crippen molar-refractivity contribution in [2.24, 2.45) is 0 Å². The van der Waals surface area contributed by atoms with Gasteiger partial charge in [-0.05, 0) is 23.3 Å². The van der Waals surface area contributed by atoms with Gasteiger partial charge in [0.15, 0.2) is 0 Å². The number of hydrogen-bond donors (Lipinski definition) is 2. The van der Waals surface area contributed by atoms with Crippen LogP contribution in [-0.4, -0.2) is 17.3 Å². The first-order valence-electron chi connectivity index (χ1n) is 6.25. The van der Waals surface area contributed by atoms with Gasteiger partial charge in [-0.3, -0.25) is 0 Å². The van der Waals surface area contributed by atoms with E-state index in [1.54, 1.807) is 31.4 Å². The Morgan fingerprint density at radius 1 is 0.842 bits per heavy atom. The predicted octanol–water partition coefficient (Wildman–Crippen LogP) is 2.85. The number of benzene rings is 2. The minimum atomic E-state index is -0.693. The normalized spacial score (nSPS) is 13.8. The zero-order chi connectivity index (χ0) is 13.7. The van der Waals surface area contributed by atoms with Crippen molar-refractivity contribution in [2.75, 3.05) is 7.11 Å². The van der Waals surface area contributed by atoms with Gasteiger partial charge >= 0.3 is 0 Å². The first kappa shape index (κ1) is 13.6. The van der Waals surface area contributed by atoms with E-state index in [1.165, 1.54) is 0 Å². The van der Waals surface area contributed by atoms with E-state index < -0.39 is 12.2 Å². The highest BCUT2D eigenvalue weighted by molar-refractivity contribution is 5.28. The minimum Gasteiger partial charge on any atom is -0.497 e. The average molecular weight is 258 g/mol. The number of aliphatic hydroxyl groups is 2. The largest absolute Gasteiger partial charge is 0.497 e. The Balaban J connectivity index is 2.02. The topological polar surface area (TPSA) is 49.7 Å². The fraction of sp³-hybridized carbons (Fsp3) is 0.250. The molecule has 0 amide bonds. The van der Waals surface area contributed by atoms with Crippen molar-refractivity contribution in [2.45, 2.75) is 18.6 Å².